The highest BCUT2D eigenvalue weighted by atomic mass is 19.4. The summed E-state index contributed by atoms with van der Waals surface area (Å²) in [6.07, 6.45) is -4.44. The summed E-state index contributed by atoms with van der Waals surface area (Å²) in [6.45, 7) is 0.895. The number of hydrogen-bond acceptors (Lipinski definition) is 2. The molecule has 0 spiro atoms. The van der Waals surface area contributed by atoms with E-state index < -0.39 is 18.0 Å². The Morgan fingerprint density at radius 2 is 1.93 bits per heavy atom. The molecule has 0 amide bonds. The van der Waals surface area contributed by atoms with E-state index in [1.165, 1.54) is 12.1 Å². The number of benzene rings is 1. The number of hydrogen-bond donors (Lipinski definition) is 2. The molecule has 1 rings (SSSR count). The quantitative estimate of drug-likeness (QED) is 0.596. The molecule has 0 fully saturated rings. The van der Waals surface area contributed by atoms with Gasteiger partial charge >= 0.3 is 6.18 Å². The van der Waals surface area contributed by atoms with Crippen LogP contribution < -0.4 is 11.1 Å². The van der Waals surface area contributed by atoms with Crippen molar-refractivity contribution in [2.45, 2.75) is 19.1 Å². The third-order valence-electron chi connectivity index (χ3n) is 1.90. The molecular formula is C9H10F4N2. The second-order valence-corrected chi connectivity index (χ2v) is 3.11. The molecule has 0 saturated carbocycles. The Labute approximate surface area is 84.1 Å². The van der Waals surface area contributed by atoms with Gasteiger partial charge in [0.15, 0.2) is 0 Å². The monoisotopic (exact) mass is 222 g/mol. The van der Waals surface area contributed by atoms with E-state index in [1.54, 1.807) is 0 Å². The molecule has 1 aromatic carbocycles. The third kappa shape index (κ3) is 2.74. The predicted molar refractivity (Wildman–Crippen MR) is 50.0 cm³/mol. The minimum absolute atomic E-state index is 0.0499. The van der Waals surface area contributed by atoms with Crippen molar-refractivity contribution < 1.29 is 17.6 Å². The highest BCUT2D eigenvalue weighted by Crippen LogP contribution is 2.27. The fraction of sp³-hybridized carbons (Fsp3) is 0.333. The minimum Gasteiger partial charge on any atom is -0.397 e. The van der Waals surface area contributed by atoms with Crippen LogP contribution in [0.5, 0.6) is 0 Å². The largest absolute Gasteiger partial charge is 0.408 e. The highest BCUT2D eigenvalue weighted by Gasteiger charge is 2.36. The molecular weight excluding hydrogens is 212 g/mol. The van der Waals surface area contributed by atoms with E-state index >= 15 is 0 Å². The minimum atomic E-state index is -4.44. The van der Waals surface area contributed by atoms with Crippen molar-refractivity contribution >= 4 is 11.4 Å². The number of nitrogens with one attached hydrogen (secondary N) is 1. The summed E-state index contributed by atoms with van der Waals surface area (Å²) in [4.78, 5) is 0. The first-order chi connectivity index (χ1) is 6.82. The van der Waals surface area contributed by atoms with E-state index in [9.17, 15) is 17.6 Å². The smallest absolute Gasteiger partial charge is 0.397 e. The maximum atomic E-state index is 13.1. The SMILES string of the molecule is CC(Nc1c(N)cccc1F)C(F)(F)F. The maximum absolute atomic E-state index is 13.1. The van der Waals surface area contributed by atoms with Crippen LogP contribution in [0, 0.1) is 5.82 Å². The van der Waals surface area contributed by atoms with Gasteiger partial charge in [-0.05, 0) is 19.1 Å². The first kappa shape index (κ1) is 11.6. The van der Waals surface area contributed by atoms with E-state index in [4.69, 9.17) is 5.73 Å². The van der Waals surface area contributed by atoms with Gasteiger partial charge in [0.05, 0.1) is 11.4 Å². The van der Waals surface area contributed by atoms with E-state index in [0.717, 1.165) is 13.0 Å². The Kier molecular flexibility index (Phi) is 3.06. The third-order valence-corrected chi connectivity index (χ3v) is 1.90. The van der Waals surface area contributed by atoms with Crippen LogP contribution in [0.2, 0.25) is 0 Å². The lowest BCUT2D eigenvalue weighted by Crippen LogP contribution is -2.33. The molecule has 1 aromatic rings. The molecule has 1 unspecified atom stereocenters. The van der Waals surface area contributed by atoms with Crippen molar-refractivity contribution in [2.75, 3.05) is 11.1 Å². The fourth-order valence-corrected chi connectivity index (χ4v) is 0.991. The molecule has 0 aliphatic heterocycles. The molecule has 0 heterocycles. The Hall–Kier alpha value is -1.46. The first-order valence-corrected chi connectivity index (χ1v) is 4.19. The van der Waals surface area contributed by atoms with Crippen LogP contribution >= 0.6 is 0 Å². The zero-order valence-corrected chi connectivity index (χ0v) is 7.90. The number of halogens is 4. The second-order valence-electron chi connectivity index (χ2n) is 3.11. The molecule has 3 N–H and O–H groups in total. The summed E-state index contributed by atoms with van der Waals surface area (Å²) < 4.78 is 49.6. The Morgan fingerprint density at radius 1 is 1.33 bits per heavy atom. The predicted octanol–water partition coefficient (Wildman–Crippen LogP) is 2.77. The normalized spacial score (nSPS) is 13.7. The average molecular weight is 222 g/mol. The van der Waals surface area contributed by atoms with Crippen LogP contribution in [0.3, 0.4) is 0 Å². The average Bonchev–Trinajstić information content (AvgIpc) is 2.09. The summed E-state index contributed by atoms with van der Waals surface area (Å²) in [5.41, 5.74) is 4.98. The molecule has 0 bridgehead atoms. The highest BCUT2D eigenvalue weighted by molar-refractivity contribution is 5.66. The van der Waals surface area contributed by atoms with E-state index in [0.29, 0.717) is 0 Å². The molecule has 0 aliphatic rings. The number of para-hydroxylation sites is 1. The summed E-state index contributed by atoms with van der Waals surface area (Å²) >= 11 is 0. The maximum Gasteiger partial charge on any atom is 0.408 e. The van der Waals surface area contributed by atoms with Gasteiger partial charge in [-0.15, -0.1) is 0 Å². The summed E-state index contributed by atoms with van der Waals surface area (Å²) in [7, 11) is 0. The fourth-order valence-electron chi connectivity index (χ4n) is 0.991. The summed E-state index contributed by atoms with van der Waals surface area (Å²) in [5.74, 6) is -0.800. The van der Waals surface area contributed by atoms with E-state index in [-0.39, 0.29) is 11.4 Å². The van der Waals surface area contributed by atoms with Crippen molar-refractivity contribution in [3.05, 3.63) is 24.0 Å². The number of rotatable bonds is 2. The molecule has 0 aliphatic carbocycles. The molecule has 0 saturated heterocycles. The van der Waals surface area contributed by atoms with Crippen LogP contribution in [-0.4, -0.2) is 12.2 Å². The van der Waals surface area contributed by atoms with E-state index in [1.807, 2.05) is 5.32 Å². The zero-order chi connectivity index (χ0) is 11.6. The molecule has 0 aromatic heterocycles. The van der Waals surface area contributed by atoms with Crippen molar-refractivity contribution in [1.82, 2.24) is 0 Å². The molecule has 1 atom stereocenters. The molecule has 15 heavy (non-hydrogen) atoms. The van der Waals surface area contributed by atoms with Gasteiger partial charge in [-0.1, -0.05) is 6.07 Å². The summed E-state index contributed by atoms with van der Waals surface area (Å²) in [5, 5.41) is 1.99. The first-order valence-electron chi connectivity index (χ1n) is 4.19. The number of alkyl halides is 3. The number of anilines is 2. The lowest BCUT2D eigenvalue weighted by atomic mass is 10.2. The van der Waals surface area contributed by atoms with Crippen LogP contribution in [0.1, 0.15) is 6.92 Å². The lowest BCUT2D eigenvalue weighted by Gasteiger charge is -2.19. The molecule has 84 valence electrons. The van der Waals surface area contributed by atoms with Gasteiger partial charge in [-0.2, -0.15) is 13.2 Å². The van der Waals surface area contributed by atoms with Gasteiger partial charge in [0.25, 0.3) is 0 Å². The Morgan fingerprint density at radius 3 is 2.40 bits per heavy atom. The van der Waals surface area contributed by atoms with Gasteiger partial charge in [0, 0.05) is 0 Å². The van der Waals surface area contributed by atoms with Crippen LogP contribution in [0.4, 0.5) is 28.9 Å². The van der Waals surface area contributed by atoms with Crippen LogP contribution in [-0.2, 0) is 0 Å². The zero-order valence-electron chi connectivity index (χ0n) is 7.90. The van der Waals surface area contributed by atoms with Gasteiger partial charge in [-0.25, -0.2) is 4.39 Å². The van der Waals surface area contributed by atoms with Crippen molar-refractivity contribution in [1.29, 1.82) is 0 Å². The molecule has 6 heteroatoms. The Bertz CT molecular complexity index is 328. The Balaban J connectivity index is 2.90. The lowest BCUT2D eigenvalue weighted by molar-refractivity contribution is -0.138. The van der Waals surface area contributed by atoms with Crippen molar-refractivity contribution in [2.24, 2.45) is 0 Å². The van der Waals surface area contributed by atoms with Gasteiger partial charge < -0.3 is 11.1 Å². The van der Waals surface area contributed by atoms with Gasteiger partial charge in [0.1, 0.15) is 11.9 Å². The van der Waals surface area contributed by atoms with Crippen molar-refractivity contribution in [3.8, 4) is 0 Å². The summed E-state index contributed by atoms with van der Waals surface area (Å²) in [6, 6.07) is 1.85. The van der Waals surface area contributed by atoms with Gasteiger partial charge in [0.2, 0.25) is 0 Å². The topological polar surface area (TPSA) is 38.0 Å². The van der Waals surface area contributed by atoms with E-state index in [2.05, 4.69) is 0 Å². The molecule has 2 nitrogen and oxygen atoms in total. The van der Waals surface area contributed by atoms with Crippen LogP contribution in [0.15, 0.2) is 18.2 Å². The van der Waals surface area contributed by atoms with Crippen molar-refractivity contribution in [3.63, 3.8) is 0 Å². The standard InChI is InChI=1S/C9H10F4N2/c1-5(9(11,12)13)15-8-6(10)3-2-4-7(8)14/h2-5,15H,14H2,1H3. The molecule has 0 radical (unpaired) electrons. The number of nitrogen functional groups attached to an aromatic ring is 1. The second kappa shape index (κ2) is 3.96. The van der Waals surface area contributed by atoms with Gasteiger partial charge in [-0.3, -0.25) is 0 Å². The number of nitrogens with two attached hydrogens (primary N) is 1. The van der Waals surface area contributed by atoms with Crippen LogP contribution in [0.25, 0.3) is 0 Å².